The Morgan fingerprint density at radius 1 is 1.21 bits per heavy atom. The molecular weight excluding hydrogens is 466 g/mol. The average molecular weight is 489 g/mol. The summed E-state index contributed by atoms with van der Waals surface area (Å²) in [7, 11) is 0. The number of rotatable bonds is 6. The van der Waals surface area contributed by atoms with Crippen molar-refractivity contribution in [1.29, 1.82) is 0 Å². The molecule has 1 aromatic carbocycles. The molecule has 2 fully saturated rings. The van der Waals surface area contributed by atoms with Crippen molar-refractivity contribution >= 4 is 44.3 Å². The lowest BCUT2D eigenvalue weighted by Gasteiger charge is -2.31. The summed E-state index contributed by atoms with van der Waals surface area (Å²) in [5, 5.41) is 5.92. The quantitative estimate of drug-likeness (QED) is 0.551. The van der Waals surface area contributed by atoms with Crippen molar-refractivity contribution in [3.8, 4) is 0 Å². The fraction of sp³-hybridized carbons (Fsp3) is 0.409. The highest BCUT2D eigenvalue weighted by molar-refractivity contribution is 7.22. The summed E-state index contributed by atoms with van der Waals surface area (Å²) in [4.78, 5) is 48.4. The molecule has 1 aliphatic carbocycles. The molecule has 1 unspecified atom stereocenters. The second kappa shape index (κ2) is 9.09. The van der Waals surface area contributed by atoms with E-state index in [1.165, 1.54) is 17.7 Å². The summed E-state index contributed by atoms with van der Waals surface area (Å²) in [6.45, 7) is 0.828. The monoisotopic (exact) mass is 488 g/mol. The second-order valence-corrected chi connectivity index (χ2v) is 9.54. The number of nitrogens with one attached hydrogen (secondary N) is 2. The molecular formula is C22H22F2N6O3S. The maximum atomic E-state index is 13.8. The van der Waals surface area contributed by atoms with Crippen LogP contribution in [-0.4, -0.2) is 45.5 Å². The molecule has 0 radical (unpaired) electrons. The van der Waals surface area contributed by atoms with Crippen LogP contribution < -0.4 is 21.1 Å². The third-order valence-electron chi connectivity index (χ3n) is 5.88. The number of carbonyl (C=O) groups is 2. The first-order chi connectivity index (χ1) is 16.4. The largest absolute Gasteiger partial charge is 0.353 e. The molecule has 178 valence electrons. The fourth-order valence-electron chi connectivity index (χ4n) is 3.93. The smallest absolute Gasteiger partial charge is 0.273 e. The molecule has 9 nitrogen and oxygen atoms in total. The predicted molar refractivity (Wildman–Crippen MR) is 123 cm³/mol. The first-order valence-electron chi connectivity index (χ1n) is 11.0. The van der Waals surface area contributed by atoms with Crippen LogP contribution in [0.2, 0.25) is 0 Å². The Morgan fingerprint density at radius 2 is 2.03 bits per heavy atom. The highest BCUT2D eigenvalue weighted by Crippen LogP contribution is 2.30. The minimum absolute atomic E-state index is 0.0644. The summed E-state index contributed by atoms with van der Waals surface area (Å²) in [5.41, 5.74) is -0.497. The van der Waals surface area contributed by atoms with Gasteiger partial charge in [0.2, 0.25) is 11.8 Å². The Hall–Kier alpha value is -3.41. The zero-order valence-corrected chi connectivity index (χ0v) is 18.9. The van der Waals surface area contributed by atoms with E-state index in [1.54, 1.807) is 0 Å². The van der Waals surface area contributed by atoms with E-state index in [0.29, 0.717) is 17.7 Å². The summed E-state index contributed by atoms with van der Waals surface area (Å²) in [6, 6.07) is 3.02. The zero-order chi connectivity index (χ0) is 23.8. The van der Waals surface area contributed by atoms with Gasteiger partial charge in [0.05, 0.1) is 11.6 Å². The molecule has 1 atom stereocenters. The molecule has 2 N–H and O–H groups in total. The number of piperidine rings is 1. The number of aromatic nitrogens is 3. The fourth-order valence-corrected chi connectivity index (χ4v) is 4.94. The van der Waals surface area contributed by atoms with E-state index in [-0.39, 0.29) is 27.9 Å². The molecule has 0 spiro atoms. The molecule has 34 heavy (non-hydrogen) atoms. The molecule has 2 amide bonds. The number of hydrogen-bond donors (Lipinski definition) is 2. The molecule has 5 rings (SSSR count). The number of benzene rings is 1. The van der Waals surface area contributed by atoms with Crippen LogP contribution >= 0.6 is 11.3 Å². The third-order valence-corrected chi connectivity index (χ3v) is 6.97. The molecule has 1 saturated heterocycles. The molecule has 2 aliphatic rings. The van der Waals surface area contributed by atoms with Crippen molar-refractivity contribution in [2.75, 3.05) is 23.3 Å². The first kappa shape index (κ1) is 22.4. The van der Waals surface area contributed by atoms with Crippen molar-refractivity contribution in [1.82, 2.24) is 19.9 Å². The van der Waals surface area contributed by atoms with Crippen molar-refractivity contribution in [2.45, 2.75) is 38.3 Å². The van der Waals surface area contributed by atoms with Crippen LogP contribution in [0.25, 0.3) is 10.3 Å². The molecule has 0 bridgehead atoms. The average Bonchev–Trinajstić information content (AvgIpc) is 3.52. The Kier molecular flexibility index (Phi) is 5.98. The van der Waals surface area contributed by atoms with Gasteiger partial charge in [-0.15, -0.1) is 0 Å². The van der Waals surface area contributed by atoms with Crippen LogP contribution in [0.4, 0.5) is 19.6 Å². The van der Waals surface area contributed by atoms with E-state index in [9.17, 15) is 23.2 Å². The molecule has 3 aromatic rings. The zero-order valence-electron chi connectivity index (χ0n) is 18.1. The lowest BCUT2D eigenvalue weighted by Crippen LogP contribution is -2.43. The van der Waals surface area contributed by atoms with Gasteiger partial charge in [-0.3, -0.25) is 19.0 Å². The van der Waals surface area contributed by atoms with Crippen LogP contribution in [-0.2, 0) is 16.1 Å². The Labute approximate surface area is 196 Å². The maximum Gasteiger partial charge on any atom is 0.273 e. The number of anilines is 2. The normalized spacial score (nSPS) is 18.2. The SMILES string of the molecule is O=C(Cn1cnc2nc(N3CCCC(C(=O)NC4CC4)C3)sc2c1=O)Nc1cc(F)ccc1F. The molecule has 3 heterocycles. The summed E-state index contributed by atoms with van der Waals surface area (Å²) in [5.74, 6) is -2.24. The topological polar surface area (TPSA) is 109 Å². The Balaban J connectivity index is 1.31. The lowest BCUT2D eigenvalue weighted by atomic mass is 9.97. The number of fused-ring (bicyclic) bond motifs is 1. The van der Waals surface area contributed by atoms with Crippen LogP contribution in [0.3, 0.4) is 0 Å². The number of carbonyl (C=O) groups excluding carboxylic acids is 2. The summed E-state index contributed by atoms with van der Waals surface area (Å²) >= 11 is 1.17. The molecule has 1 saturated carbocycles. The number of amides is 2. The second-order valence-electron chi connectivity index (χ2n) is 8.57. The number of halogens is 2. The third kappa shape index (κ3) is 4.76. The van der Waals surface area contributed by atoms with Gasteiger partial charge in [-0.1, -0.05) is 11.3 Å². The summed E-state index contributed by atoms with van der Waals surface area (Å²) < 4.78 is 28.5. The van der Waals surface area contributed by atoms with Crippen LogP contribution in [0, 0.1) is 17.6 Å². The number of thiazole rings is 1. The van der Waals surface area contributed by atoms with Crippen molar-refractivity contribution < 1.29 is 18.4 Å². The summed E-state index contributed by atoms with van der Waals surface area (Å²) in [6.07, 6.45) is 4.93. The highest BCUT2D eigenvalue weighted by atomic mass is 32.1. The van der Waals surface area contributed by atoms with Gasteiger partial charge in [0.25, 0.3) is 5.56 Å². The number of nitrogens with zero attached hydrogens (tertiary/aromatic N) is 4. The van der Waals surface area contributed by atoms with Crippen LogP contribution in [0.15, 0.2) is 29.3 Å². The van der Waals surface area contributed by atoms with Gasteiger partial charge in [0.15, 0.2) is 10.8 Å². The van der Waals surface area contributed by atoms with Crippen LogP contribution in [0.5, 0.6) is 0 Å². The van der Waals surface area contributed by atoms with E-state index in [4.69, 9.17) is 0 Å². The molecule has 12 heteroatoms. The molecule has 1 aliphatic heterocycles. The van der Waals surface area contributed by atoms with E-state index >= 15 is 0 Å². The van der Waals surface area contributed by atoms with Gasteiger partial charge in [0.1, 0.15) is 29.2 Å². The van der Waals surface area contributed by atoms with Gasteiger partial charge in [-0.2, -0.15) is 4.98 Å². The van der Waals surface area contributed by atoms with E-state index in [1.807, 2.05) is 4.90 Å². The van der Waals surface area contributed by atoms with Crippen molar-refractivity contribution in [3.05, 3.63) is 46.5 Å². The van der Waals surface area contributed by atoms with Gasteiger partial charge in [-0.05, 0) is 37.8 Å². The van der Waals surface area contributed by atoms with E-state index < -0.39 is 29.6 Å². The van der Waals surface area contributed by atoms with Gasteiger partial charge < -0.3 is 15.5 Å². The van der Waals surface area contributed by atoms with Gasteiger partial charge in [-0.25, -0.2) is 13.8 Å². The number of hydrogen-bond acceptors (Lipinski definition) is 7. The van der Waals surface area contributed by atoms with Crippen molar-refractivity contribution in [3.63, 3.8) is 0 Å². The van der Waals surface area contributed by atoms with E-state index in [0.717, 1.165) is 55.0 Å². The Morgan fingerprint density at radius 3 is 2.82 bits per heavy atom. The minimum Gasteiger partial charge on any atom is -0.353 e. The first-order valence-corrected chi connectivity index (χ1v) is 11.9. The van der Waals surface area contributed by atoms with Crippen LogP contribution in [0.1, 0.15) is 25.7 Å². The predicted octanol–water partition coefficient (Wildman–Crippen LogP) is 2.26. The minimum atomic E-state index is -0.784. The maximum absolute atomic E-state index is 13.8. The van der Waals surface area contributed by atoms with Gasteiger partial charge >= 0.3 is 0 Å². The standard InChI is InChI=1S/C22H22F2N6O3S/c23-13-3-6-15(24)16(8-13)27-17(31)10-30-11-25-19-18(21(30)33)34-22(28-19)29-7-1-2-12(9-29)20(32)26-14-4-5-14/h3,6,8,11-12,14H,1-2,4-5,7,9-10H2,(H,26,32)(H,27,31). The lowest BCUT2D eigenvalue weighted by molar-refractivity contribution is -0.125. The Bertz CT molecular complexity index is 1320. The highest BCUT2D eigenvalue weighted by Gasteiger charge is 2.31. The van der Waals surface area contributed by atoms with Crippen molar-refractivity contribution in [2.24, 2.45) is 5.92 Å². The van der Waals surface area contributed by atoms with Gasteiger partial charge in [0, 0.05) is 25.2 Å². The molecule has 2 aromatic heterocycles. The van der Waals surface area contributed by atoms with E-state index in [2.05, 4.69) is 20.6 Å².